The molecule has 1 aromatic heterocycles. The SMILES string of the molecule is Cn1cc(COc2cccc(CNC(C)(C)C)c2)nn1. The van der Waals surface area contributed by atoms with Crippen molar-refractivity contribution in [2.45, 2.75) is 39.5 Å². The Kier molecular flexibility index (Phi) is 4.39. The highest BCUT2D eigenvalue weighted by molar-refractivity contribution is 5.28. The van der Waals surface area contributed by atoms with Gasteiger partial charge < -0.3 is 10.1 Å². The number of benzene rings is 1. The summed E-state index contributed by atoms with van der Waals surface area (Å²) in [5.74, 6) is 0.851. The van der Waals surface area contributed by atoms with Crippen LogP contribution >= 0.6 is 0 Å². The van der Waals surface area contributed by atoms with Crippen molar-refractivity contribution < 1.29 is 4.74 Å². The van der Waals surface area contributed by atoms with Gasteiger partial charge in [0.15, 0.2) is 0 Å². The molecule has 0 aliphatic rings. The van der Waals surface area contributed by atoms with E-state index in [-0.39, 0.29) is 5.54 Å². The average molecular weight is 274 g/mol. The number of hydrogen-bond acceptors (Lipinski definition) is 4. The van der Waals surface area contributed by atoms with Gasteiger partial charge in [0.25, 0.3) is 0 Å². The Morgan fingerprint density at radius 1 is 1.30 bits per heavy atom. The van der Waals surface area contributed by atoms with Crippen molar-refractivity contribution in [1.29, 1.82) is 0 Å². The minimum absolute atomic E-state index is 0.108. The first-order chi connectivity index (χ1) is 9.42. The van der Waals surface area contributed by atoms with E-state index in [1.54, 1.807) is 4.68 Å². The van der Waals surface area contributed by atoms with Crippen LogP contribution in [0.1, 0.15) is 32.0 Å². The quantitative estimate of drug-likeness (QED) is 0.909. The molecule has 0 aliphatic heterocycles. The zero-order valence-corrected chi connectivity index (χ0v) is 12.6. The topological polar surface area (TPSA) is 52.0 Å². The summed E-state index contributed by atoms with van der Waals surface area (Å²) in [5, 5.41) is 11.3. The van der Waals surface area contributed by atoms with Crippen LogP contribution in [0, 0.1) is 0 Å². The van der Waals surface area contributed by atoms with E-state index in [0.717, 1.165) is 18.0 Å². The van der Waals surface area contributed by atoms with Crippen LogP contribution < -0.4 is 10.1 Å². The predicted octanol–water partition coefficient (Wildman–Crippen LogP) is 2.28. The van der Waals surface area contributed by atoms with Crippen LogP contribution in [0.15, 0.2) is 30.5 Å². The Morgan fingerprint density at radius 3 is 2.75 bits per heavy atom. The van der Waals surface area contributed by atoms with Gasteiger partial charge in [0, 0.05) is 19.1 Å². The maximum absolute atomic E-state index is 5.73. The van der Waals surface area contributed by atoms with Gasteiger partial charge in [0.05, 0.1) is 6.20 Å². The molecular weight excluding hydrogens is 252 g/mol. The van der Waals surface area contributed by atoms with E-state index in [1.807, 2.05) is 25.4 Å². The van der Waals surface area contributed by atoms with Gasteiger partial charge in [-0.1, -0.05) is 17.3 Å². The summed E-state index contributed by atoms with van der Waals surface area (Å²) in [6.45, 7) is 7.72. The van der Waals surface area contributed by atoms with Gasteiger partial charge in [-0.2, -0.15) is 0 Å². The second kappa shape index (κ2) is 6.05. The molecule has 1 aromatic carbocycles. The Hall–Kier alpha value is -1.88. The number of ether oxygens (including phenoxy) is 1. The molecular formula is C15H22N4O. The normalized spacial score (nSPS) is 11.6. The maximum atomic E-state index is 5.73. The van der Waals surface area contributed by atoms with E-state index in [2.05, 4.69) is 48.5 Å². The highest BCUT2D eigenvalue weighted by Crippen LogP contribution is 2.15. The summed E-state index contributed by atoms with van der Waals surface area (Å²) in [6, 6.07) is 8.10. The van der Waals surface area contributed by atoms with Gasteiger partial charge in [0.2, 0.25) is 0 Å². The van der Waals surface area contributed by atoms with E-state index in [0.29, 0.717) is 6.61 Å². The van der Waals surface area contributed by atoms with Crippen LogP contribution in [0.4, 0.5) is 0 Å². The summed E-state index contributed by atoms with van der Waals surface area (Å²) in [5.41, 5.74) is 2.14. The van der Waals surface area contributed by atoms with E-state index >= 15 is 0 Å². The fraction of sp³-hybridized carbons (Fsp3) is 0.467. The standard InChI is InChI=1S/C15H22N4O/c1-15(2,3)16-9-12-6-5-7-14(8-12)20-11-13-10-19(4)18-17-13/h5-8,10,16H,9,11H2,1-4H3. The van der Waals surface area contributed by atoms with Crippen molar-refractivity contribution >= 4 is 0 Å². The van der Waals surface area contributed by atoms with Gasteiger partial charge in [0.1, 0.15) is 18.1 Å². The summed E-state index contributed by atoms with van der Waals surface area (Å²) >= 11 is 0. The zero-order valence-electron chi connectivity index (χ0n) is 12.6. The van der Waals surface area contributed by atoms with Crippen LogP contribution in [0.3, 0.4) is 0 Å². The second-order valence-electron chi connectivity index (χ2n) is 5.92. The Labute approximate surface area is 120 Å². The molecule has 0 spiro atoms. The monoisotopic (exact) mass is 274 g/mol. The predicted molar refractivity (Wildman–Crippen MR) is 78.4 cm³/mol. The van der Waals surface area contributed by atoms with E-state index in [4.69, 9.17) is 4.74 Å². The van der Waals surface area contributed by atoms with E-state index in [9.17, 15) is 0 Å². The molecule has 2 rings (SSSR count). The molecule has 0 atom stereocenters. The molecule has 0 amide bonds. The molecule has 5 heteroatoms. The zero-order chi connectivity index (χ0) is 14.6. The third-order valence-corrected chi connectivity index (χ3v) is 2.76. The first-order valence-corrected chi connectivity index (χ1v) is 6.74. The molecule has 108 valence electrons. The molecule has 0 radical (unpaired) electrons. The van der Waals surface area contributed by atoms with Crippen LogP contribution in [0.5, 0.6) is 5.75 Å². The van der Waals surface area contributed by atoms with Crippen molar-refractivity contribution in [3.8, 4) is 5.75 Å². The van der Waals surface area contributed by atoms with Crippen LogP contribution in [0.25, 0.3) is 0 Å². The minimum Gasteiger partial charge on any atom is -0.487 e. The molecule has 0 saturated heterocycles. The number of aromatic nitrogens is 3. The molecule has 0 fully saturated rings. The molecule has 2 aromatic rings. The smallest absolute Gasteiger partial charge is 0.134 e. The Morgan fingerprint density at radius 2 is 2.10 bits per heavy atom. The molecule has 20 heavy (non-hydrogen) atoms. The molecule has 0 aliphatic carbocycles. The van der Waals surface area contributed by atoms with Crippen LogP contribution in [-0.2, 0) is 20.2 Å². The lowest BCUT2D eigenvalue weighted by Crippen LogP contribution is -2.35. The van der Waals surface area contributed by atoms with Gasteiger partial charge >= 0.3 is 0 Å². The van der Waals surface area contributed by atoms with Gasteiger partial charge in [-0.3, -0.25) is 4.68 Å². The summed E-state index contributed by atoms with van der Waals surface area (Å²) in [4.78, 5) is 0. The lowest BCUT2D eigenvalue weighted by molar-refractivity contribution is 0.300. The van der Waals surface area contributed by atoms with Crippen molar-refractivity contribution in [3.05, 3.63) is 41.7 Å². The lowest BCUT2D eigenvalue weighted by Gasteiger charge is -2.20. The summed E-state index contributed by atoms with van der Waals surface area (Å²) in [7, 11) is 1.84. The molecule has 0 unspecified atom stereocenters. The molecule has 0 saturated carbocycles. The number of aryl methyl sites for hydroxylation is 1. The van der Waals surface area contributed by atoms with Crippen LogP contribution in [0.2, 0.25) is 0 Å². The van der Waals surface area contributed by atoms with Gasteiger partial charge in [-0.15, -0.1) is 5.10 Å². The van der Waals surface area contributed by atoms with E-state index < -0.39 is 0 Å². The summed E-state index contributed by atoms with van der Waals surface area (Å²) < 4.78 is 7.40. The second-order valence-corrected chi connectivity index (χ2v) is 5.92. The van der Waals surface area contributed by atoms with Crippen molar-refractivity contribution in [1.82, 2.24) is 20.3 Å². The fourth-order valence-electron chi connectivity index (χ4n) is 1.73. The van der Waals surface area contributed by atoms with Gasteiger partial charge in [-0.25, -0.2) is 0 Å². The number of rotatable bonds is 5. The van der Waals surface area contributed by atoms with E-state index in [1.165, 1.54) is 5.56 Å². The highest BCUT2D eigenvalue weighted by atomic mass is 16.5. The summed E-state index contributed by atoms with van der Waals surface area (Å²) in [6.07, 6.45) is 1.85. The first-order valence-electron chi connectivity index (χ1n) is 6.74. The first kappa shape index (κ1) is 14.5. The van der Waals surface area contributed by atoms with Crippen LogP contribution in [-0.4, -0.2) is 20.5 Å². The maximum Gasteiger partial charge on any atom is 0.134 e. The number of hydrogen-bond donors (Lipinski definition) is 1. The Bertz CT molecular complexity index is 557. The third kappa shape index (κ3) is 4.66. The third-order valence-electron chi connectivity index (χ3n) is 2.76. The minimum atomic E-state index is 0.108. The molecule has 5 nitrogen and oxygen atoms in total. The van der Waals surface area contributed by atoms with Gasteiger partial charge in [-0.05, 0) is 38.5 Å². The number of nitrogens with one attached hydrogen (secondary N) is 1. The van der Waals surface area contributed by atoms with Crippen molar-refractivity contribution in [2.24, 2.45) is 7.05 Å². The molecule has 1 heterocycles. The van der Waals surface area contributed by atoms with Crippen molar-refractivity contribution in [2.75, 3.05) is 0 Å². The number of nitrogens with zero attached hydrogens (tertiary/aromatic N) is 3. The average Bonchev–Trinajstić information content (AvgIpc) is 2.80. The lowest BCUT2D eigenvalue weighted by atomic mass is 10.1. The highest BCUT2D eigenvalue weighted by Gasteiger charge is 2.08. The fourth-order valence-corrected chi connectivity index (χ4v) is 1.73. The Balaban J connectivity index is 1.92. The largest absolute Gasteiger partial charge is 0.487 e. The molecule has 0 bridgehead atoms. The van der Waals surface area contributed by atoms with Crippen molar-refractivity contribution in [3.63, 3.8) is 0 Å². The molecule has 1 N–H and O–H groups in total.